The fourth-order valence-corrected chi connectivity index (χ4v) is 1.53. The van der Waals surface area contributed by atoms with Gasteiger partial charge < -0.3 is 10.4 Å². The van der Waals surface area contributed by atoms with Gasteiger partial charge in [0.1, 0.15) is 0 Å². The van der Waals surface area contributed by atoms with Crippen LogP contribution >= 0.6 is 23.2 Å². The van der Waals surface area contributed by atoms with Crippen molar-refractivity contribution in [1.82, 2.24) is 5.32 Å². The van der Waals surface area contributed by atoms with Crippen molar-refractivity contribution in [2.45, 2.75) is 19.4 Å². The third-order valence-electron chi connectivity index (χ3n) is 2.03. The SMILES string of the molecule is CC(CO)NC(=O)Cc1ccc(Cl)c(Cl)c1. The van der Waals surface area contributed by atoms with Gasteiger partial charge in [-0.2, -0.15) is 0 Å². The Morgan fingerprint density at radius 1 is 1.44 bits per heavy atom. The Labute approximate surface area is 104 Å². The lowest BCUT2D eigenvalue weighted by Crippen LogP contribution is -2.35. The number of hydrogen-bond acceptors (Lipinski definition) is 2. The molecule has 1 unspecified atom stereocenters. The average Bonchev–Trinajstić information content (AvgIpc) is 2.23. The molecule has 0 aromatic heterocycles. The number of carbonyl (C=O) groups excluding carboxylic acids is 1. The Morgan fingerprint density at radius 3 is 2.69 bits per heavy atom. The highest BCUT2D eigenvalue weighted by Crippen LogP contribution is 2.22. The highest BCUT2D eigenvalue weighted by Gasteiger charge is 2.08. The maximum Gasteiger partial charge on any atom is 0.224 e. The molecule has 0 fully saturated rings. The van der Waals surface area contributed by atoms with Crippen LogP contribution in [-0.4, -0.2) is 23.7 Å². The zero-order valence-corrected chi connectivity index (χ0v) is 10.3. The van der Waals surface area contributed by atoms with Crippen LogP contribution in [-0.2, 0) is 11.2 Å². The van der Waals surface area contributed by atoms with Crippen molar-refractivity contribution in [1.29, 1.82) is 0 Å². The predicted molar refractivity (Wildman–Crippen MR) is 64.9 cm³/mol. The number of aliphatic hydroxyl groups is 1. The van der Waals surface area contributed by atoms with E-state index in [1.807, 2.05) is 0 Å². The van der Waals surface area contributed by atoms with E-state index in [1.54, 1.807) is 25.1 Å². The maximum absolute atomic E-state index is 11.5. The van der Waals surface area contributed by atoms with Crippen LogP contribution in [0.3, 0.4) is 0 Å². The number of amides is 1. The summed E-state index contributed by atoms with van der Waals surface area (Å²) in [6, 6.07) is 4.82. The zero-order valence-electron chi connectivity index (χ0n) is 8.84. The molecular formula is C11H13Cl2NO2. The van der Waals surface area contributed by atoms with Crippen LogP contribution < -0.4 is 5.32 Å². The molecule has 1 aromatic rings. The Kier molecular flexibility index (Phi) is 5.06. The lowest BCUT2D eigenvalue weighted by Gasteiger charge is -2.10. The third-order valence-corrected chi connectivity index (χ3v) is 2.77. The molecule has 0 aliphatic heterocycles. The molecule has 0 radical (unpaired) electrons. The van der Waals surface area contributed by atoms with Crippen LogP contribution in [0.1, 0.15) is 12.5 Å². The second kappa shape index (κ2) is 6.09. The van der Waals surface area contributed by atoms with Crippen LogP contribution in [0.4, 0.5) is 0 Å². The van der Waals surface area contributed by atoms with Crippen LogP contribution in [0.5, 0.6) is 0 Å². The maximum atomic E-state index is 11.5. The molecular weight excluding hydrogens is 249 g/mol. The molecule has 0 saturated carbocycles. The van der Waals surface area contributed by atoms with Gasteiger partial charge in [0.15, 0.2) is 0 Å². The van der Waals surface area contributed by atoms with Gasteiger partial charge >= 0.3 is 0 Å². The van der Waals surface area contributed by atoms with Crippen molar-refractivity contribution >= 4 is 29.1 Å². The van der Waals surface area contributed by atoms with E-state index in [-0.39, 0.29) is 25.0 Å². The molecule has 3 nitrogen and oxygen atoms in total. The molecule has 16 heavy (non-hydrogen) atoms. The van der Waals surface area contributed by atoms with E-state index in [0.29, 0.717) is 10.0 Å². The fraction of sp³-hybridized carbons (Fsp3) is 0.364. The summed E-state index contributed by atoms with van der Waals surface area (Å²) in [7, 11) is 0. The number of rotatable bonds is 4. The first-order valence-electron chi connectivity index (χ1n) is 4.87. The van der Waals surface area contributed by atoms with E-state index in [4.69, 9.17) is 28.3 Å². The number of halogens is 2. The first kappa shape index (κ1) is 13.3. The van der Waals surface area contributed by atoms with Crippen molar-refractivity contribution in [3.63, 3.8) is 0 Å². The molecule has 0 aliphatic carbocycles. The molecule has 0 aliphatic rings. The van der Waals surface area contributed by atoms with Crippen LogP contribution in [0.25, 0.3) is 0 Å². The van der Waals surface area contributed by atoms with Gasteiger partial charge in [-0.25, -0.2) is 0 Å². The molecule has 0 saturated heterocycles. The van der Waals surface area contributed by atoms with Gasteiger partial charge in [-0.15, -0.1) is 0 Å². The van der Waals surface area contributed by atoms with Crippen molar-refractivity contribution in [2.24, 2.45) is 0 Å². The van der Waals surface area contributed by atoms with E-state index in [9.17, 15) is 4.79 Å². The molecule has 0 spiro atoms. The van der Waals surface area contributed by atoms with Gasteiger partial charge in [0.05, 0.1) is 23.1 Å². The summed E-state index contributed by atoms with van der Waals surface area (Å²) >= 11 is 11.6. The second-order valence-corrected chi connectivity index (χ2v) is 4.39. The standard InChI is InChI=1S/C11H13Cl2NO2/c1-7(6-15)14-11(16)5-8-2-3-9(12)10(13)4-8/h2-4,7,15H,5-6H2,1H3,(H,14,16). The minimum atomic E-state index is -0.240. The van der Waals surface area contributed by atoms with Gasteiger partial charge in [0.2, 0.25) is 5.91 Å². The lowest BCUT2D eigenvalue weighted by atomic mass is 10.1. The Bertz CT molecular complexity index is 382. The molecule has 1 atom stereocenters. The van der Waals surface area contributed by atoms with Crippen LogP contribution in [0.15, 0.2) is 18.2 Å². The normalized spacial score (nSPS) is 12.2. The summed E-state index contributed by atoms with van der Waals surface area (Å²) in [5.74, 6) is -0.153. The average molecular weight is 262 g/mol. The number of benzene rings is 1. The molecule has 1 rings (SSSR count). The number of aliphatic hydroxyl groups excluding tert-OH is 1. The Balaban J connectivity index is 2.59. The summed E-state index contributed by atoms with van der Waals surface area (Å²) < 4.78 is 0. The number of nitrogens with one attached hydrogen (secondary N) is 1. The van der Waals surface area contributed by atoms with Crippen molar-refractivity contribution in [3.8, 4) is 0 Å². The molecule has 88 valence electrons. The number of hydrogen-bond donors (Lipinski definition) is 2. The lowest BCUT2D eigenvalue weighted by molar-refractivity contribution is -0.121. The first-order valence-corrected chi connectivity index (χ1v) is 5.62. The molecule has 0 heterocycles. The van der Waals surface area contributed by atoms with Crippen molar-refractivity contribution in [2.75, 3.05) is 6.61 Å². The van der Waals surface area contributed by atoms with Crippen molar-refractivity contribution in [3.05, 3.63) is 33.8 Å². The summed E-state index contributed by atoms with van der Waals surface area (Å²) in [4.78, 5) is 11.5. The Hall–Kier alpha value is -0.770. The third kappa shape index (κ3) is 4.00. The van der Waals surface area contributed by atoms with Crippen molar-refractivity contribution < 1.29 is 9.90 Å². The fourth-order valence-electron chi connectivity index (χ4n) is 1.21. The van der Waals surface area contributed by atoms with E-state index in [1.165, 1.54) is 0 Å². The smallest absolute Gasteiger partial charge is 0.224 e. The summed E-state index contributed by atoms with van der Waals surface area (Å²) in [6.45, 7) is 1.65. The first-order chi connectivity index (χ1) is 7.52. The molecule has 1 amide bonds. The summed E-state index contributed by atoms with van der Waals surface area (Å²) in [5.41, 5.74) is 0.789. The summed E-state index contributed by atoms with van der Waals surface area (Å²) in [6.07, 6.45) is 0.223. The topological polar surface area (TPSA) is 49.3 Å². The van der Waals surface area contributed by atoms with E-state index < -0.39 is 0 Å². The monoisotopic (exact) mass is 261 g/mol. The number of carbonyl (C=O) groups is 1. The molecule has 0 bridgehead atoms. The largest absolute Gasteiger partial charge is 0.394 e. The van der Waals surface area contributed by atoms with E-state index in [0.717, 1.165) is 5.56 Å². The van der Waals surface area contributed by atoms with Gasteiger partial charge in [-0.05, 0) is 24.6 Å². The minimum absolute atomic E-state index is 0.0763. The minimum Gasteiger partial charge on any atom is -0.394 e. The van der Waals surface area contributed by atoms with Gasteiger partial charge in [0.25, 0.3) is 0 Å². The van der Waals surface area contributed by atoms with Gasteiger partial charge in [0, 0.05) is 6.04 Å². The molecule has 1 aromatic carbocycles. The van der Waals surface area contributed by atoms with E-state index in [2.05, 4.69) is 5.32 Å². The Morgan fingerprint density at radius 2 is 2.12 bits per heavy atom. The molecule has 5 heteroatoms. The summed E-state index contributed by atoms with van der Waals surface area (Å²) in [5, 5.41) is 12.3. The highest BCUT2D eigenvalue weighted by molar-refractivity contribution is 6.42. The predicted octanol–water partition coefficient (Wildman–Crippen LogP) is 2.03. The second-order valence-electron chi connectivity index (χ2n) is 3.58. The van der Waals surface area contributed by atoms with Crippen LogP contribution in [0.2, 0.25) is 10.0 Å². The van der Waals surface area contributed by atoms with Gasteiger partial charge in [-0.1, -0.05) is 29.3 Å². The molecule has 2 N–H and O–H groups in total. The van der Waals surface area contributed by atoms with Crippen LogP contribution in [0, 0.1) is 0 Å². The van der Waals surface area contributed by atoms with E-state index >= 15 is 0 Å². The zero-order chi connectivity index (χ0) is 12.1. The highest BCUT2D eigenvalue weighted by atomic mass is 35.5. The van der Waals surface area contributed by atoms with Gasteiger partial charge in [-0.3, -0.25) is 4.79 Å². The quantitative estimate of drug-likeness (QED) is 0.872.